The van der Waals surface area contributed by atoms with E-state index in [0.717, 1.165) is 16.0 Å². The maximum atomic E-state index is 11.3. The molecule has 22 heavy (non-hydrogen) atoms. The SMILES string of the molecule is C=C/C(SC(C)(C)C(=O)O)=C(\C=C/C)c1ccc(C#N)cc1. The van der Waals surface area contributed by atoms with Crippen molar-refractivity contribution >= 4 is 23.3 Å². The van der Waals surface area contributed by atoms with Gasteiger partial charge in [-0.2, -0.15) is 5.26 Å². The summed E-state index contributed by atoms with van der Waals surface area (Å²) >= 11 is 1.25. The molecule has 1 aromatic carbocycles. The summed E-state index contributed by atoms with van der Waals surface area (Å²) in [6.07, 6.45) is 5.48. The minimum Gasteiger partial charge on any atom is -0.480 e. The highest BCUT2D eigenvalue weighted by molar-refractivity contribution is 8.05. The first kappa shape index (κ1) is 17.8. The van der Waals surface area contributed by atoms with Crippen LogP contribution in [0.1, 0.15) is 31.9 Å². The van der Waals surface area contributed by atoms with Gasteiger partial charge in [-0.05, 0) is 44.0 Å². The third-order valence-electron chi connectivity index (χ3n) is 2.99. The predicted molar refractivity (Wildman–Crippen MR) is 92.4 cm³/mol. The average Bonchev–Trinajstić information content (AvgIpc) is 2.50. The predicted octanol–water partition coefficient (Wildman–Crippen LogP) is 4.63. The largest absolute Gasteiger partial charge is 0.480 e. The van der Waals surface area contributed by atoms with Crippen LogP contribution in [0.15, 0.2) is 54.0 Å². The number of hydrogen-bond acceptors (Lipinski definition) is 3. The fourth-order valence-electron chi connectivity index (χ4n) is 1.74. The van der Waals surface area contributed by atoms with Crippen LogP contribution in [0.25, 0.3) is 5.57 Å². The molecule has 0 heterocycles. The number of carboxylic acid groups (broad SMARTS) is 1. The van der Waals surface area contributed by atoms with E-state index < -0.39 is 10.7 Å². The van der Waals surface area contributed by atoms with Crippen LogP contribution in [0.4, 0.5) is 0 Å². The summed E-state index contributed by atoms with van der Waals surface area (Å²) in [6.45, 7) is 9.03. The van der Waals surface area contributed by atoms with Crippen LogP contribution < -0.4 is 0 Å². The van der Waals surface area contributed by atoms with Gasteiger partial charge in [0, 0.05) is 4.91 Å². The Hall–Kier alpha value is -2.25. The van der Waals surface area contributed by atoms with Gasteiger partial charge in [0.15, 0.2) is 0 Å². The van der Waals surface area contributed by atoms with Crippen LogP contribution in [0.3, 0.4) is 0 Å². The van der Waals surface area contributed by atoms with Gasteiger partial charge in [0.05, 0.1) is 11.6 Å². The molecule has 0 aliphatic rings. The maximum Gasteiger partial charge on any atom is 0.319 e. The molecule has 0 spiro atoms. The molecule has 0 fully saturated rings. The van der Waals surface area contributed by atoms with E-state index in [1.54, 1.807) is 32.1 Å². The number of hydrogen-bond donors (Lipinski definition) is 1. The molecule has 0 aliphatic heterocycles. The molecule has 0 aliphatic carbocycles. The molecule has 0 unspecified atom stereocenters. The molecule has 0 radical (unpaired) electrons. The lowest BCUT2D eigenvalue weighted by Crippen LogP contribution is -2.27. The van der Waals surface area contributed by atoms with E-state index in [0.29, 0.717) is 5.56 Å². The molecule has 0 bridgehead atoms. The lowest BCUT2D eigenvalue weighted by atomic mass is 10.0. The van der Waals surface area contributed by atoms with Crippen LogP contribution in [0, 0.1) is 11.3 Å². The van der Waals surface area contributed by atoms with E-state index in [1.165, 1.54) is 11.8 Å². The Morgan fingerprint density at radius 1 is 1.36 bits per heavy atom. The fraction of sp³-hybridized carbons (Fsp3) is 0.222. The summed E-state index contributed by atoms with van der Waals surface area (Å²) in [6, 6.07) is 9.28. The summed E-state index contributed by atoms with van der Waals surface area (Å²) in [5, 5.41) is 18.2. The quantitative estimate of drug-likeness (QED) is 0.778. The fourth-order valence-corrected chi connectivity index (χ4v) is 2.75. The third-order valence-corrected chi connectivity index (χ3v) is 4.28. The van der Waals surface area contributed by atoms with E-state index >= 15 is 0 Å². The number of nitrogens with zero attached hydrogens (tertiary/aromatic N) is 1. The van der Waals surface area contributed by atoms with E-state index in [9.17, 15) is 9.90 Å². The Labute approximate surface area is 135 Å². The van der Waals surface area contributed by atoms with E-state index in [2.05, 4.69) is 12.6 Å². The number of thioether (sulfide) groups is 1. The Bertz CT molecular complexity index is 661. The second-order valence-corrected chi connectivity index (χ2v) is 6.75. The van der Waals surface area contributed by atoms with Crippen LogP contribution in [-0.4, -0.2) is 15.8 Å². The van der Waals surface area contributed by atoms with Crippen molar-refractivity contribution in [2.75, 3.05) is 0 Å². The number of benzene rings is 1. The Morgan fingerprint density at radius 3 is 2.36 bits per heavy atom. The first-order valence-electron chi connectivity index (χ1n) is 6.78. The lowest BCUT2D eigenvalue weighted by Gasteiger charge is -2.20. The molecule has 0 saturated carbocycles. The van der Waals surface area contributed by atoms with Gasteiger partial charge in [-0.3, -0.25) is 4.79 Å². The van der Waals surface area contributed by atoms with Crippen LogP contribution >= 0.6 is 11.8 Å². The first-order valence-corrected chi connectivity index (χ1v) is 7.59. The van der Waals surface area contributed by atoms with E-state index in [1.807, 2.05) is 31.2 Å². The zero-order valence-electron chi connectivity index (χ0n) is 13.0. The van der Waals surface area contributed by atoms with Gasteiger partial charge in [-0.1, -0.05) is 36.9 Å². The van der Waals surface area contributed by atoms with Crippen molar-refractivity contribution in [3.8, 4) is 6.07 Å². The molecular weight excluding hydrogens is 294 g/mol. The van der Waals surface area contributed by atoms with Crippen molar-refractivity contribution in [2.45, 2.75) is 25.5 Å². The van der Waals surface area contributed by atoms with Crippen molar-refractivity contribution in [3.05, 3.63) is 65.1 Å². The van der Waals surface area contributed by atoms with E-state index in [-0.39, 0.29) is 0 Å². The zero-order chi connectivity index (χ0) is 16.8. The molecule has 0 aromatic heterocycles. The highest BCUT2D eigenvalue weighted by atomic mass is 32.2. The molecule has 0 amide bonds. The minimum atomic E-state index is -0.955. The monoisotopic (exact) mass is 313 g/mol. The number of carbonyl (C=O) groups is 1. The summed E-state index contributed by atoms with van der Waals surface area (Å²) in [7, 11) is 0. The molecule has 0 saturated heterocycles. The smallest absolute Gasteiger partial charge is 0.319 e. The normalized spacial score (nSPS) is 12.6. The molecule has 114 valence electrons. The van der Waals surface area contributed by atoms with Crippen molar-refractivity contribution in [2.24, 2.45) is 0 Å². The average molecular weight is 313 g/mol. The van der Waals surface area contributed by atoms with Crippen LogP contribution in [-0.2, 0) is 4.79 Å². The van der Waals surface area contributed by atoms with Gasteiger partial charge in [-0.15, -0.1) is 11.8 Å². The van der Waals surface area contributed by atoms with Crippen molar-refractivity contribution in [3.63, 3.8) is 0 Å². The number of rotatable bonds is 6. The Kier molecular flexibility index (Phi) is 6.21. The summed E-state index contributed by atoms with van der Waals surface area (Å²) in [5.74, 6) is -0.878. The molecule has 4 heteroatoms. The van der Waals surface area contributed by atoms with Crippen molar-refractivity contribution < 1.29 is 9.90 Å². The van der Waals surface area contributed by atoms with Crippen molar-refractivity contribution in [1.82, 2.24) is 0 Å². The minimum absolute atomic E-state index is 0.585. The molecule has 1 N–H and O–H groups in total. The second kappa shape index (κ2) is 7.67. The number of nitriles is 1. The molecule has 3 nitrogen and oxygen atoms in total. The first-order chi connectivity index (χ1) is 10.4. The van der Waals surface area contributed by atoms with Gasteiger partial charge in [-0.25, -0.2) is 0 Å². The third kappa shape index (κ3) is 4.37. The lowest BCUT2D eigenvalue weighted by molar-refractivity contribution is -0.138. The second-order valence-electron chi connectivity index (χ2n) is 5.09. The Balaban J connectivity index is 3.37. The van der Waals surface area contributed by atoms with Crippen molar-refractivity contribution in [1.29, 1.82) is 5.26 Å². The summed E-state index contributed by atoms with van der Waals surface area (Å²) < 4.78 is -0.955. The molecule has 1 rings (SSSR count). The zero-order valence-corrected chi connectivity index (χ0v) is 13.8. The van der Waals surface area contributed by atoms with E-state index in [4.69, 9.17) is 5.26 Å². The highest BCUT2D eigenvalue weighted by Gasteiger charge is 2.29. The van der Waals surface area contributed by atoms with Gasteiger partial charge < -0.3 is 5.11 Å². The van der Waals surface area contributed by atoms with Gasteiger partial charge >= 0.3 is 5.97 Å². The molecule has 0 atom stereocenters. The number of allylic oxidation sites excluding steroid dienone is 4. The topological polar surface area (TPSA) is 61.1 Å². The molecule has 1 aromatic rings. The van der Waals surface area contributed by atoms with Crippen LogP contribution in [0.5, 0.6) is 0 Å². The molecular formula is C18H19NO2S. The standard InChI is InChI=1S/C18H19NO2S/c1-5-7-15(14-10-8-13(12-19)9-11-14)16(6-2)22-18(3,4)17(20)21/h5-11H,2H2,1,3-4H3,(H,20,21)/b7-5-,16-15-. The Morgan fingerprint density at radius 2 is 1.95 bits per heavy atom. The maximum absolute atomic E-state index is 11.3. The van der Waals surface area contributed by atoms with Gasteiger partial charge in [0.25, 0.3) is 0 Å². The summed E-state index contributed by atoms with van der Waals surface area (Å²) in [4.78, 5) is 12.1. The van der Waals surface area contributed by atoms with Crippen LogP contribution in [0.2, 0.25) is 0 Å². The van der Waals surface area contributed by atoms with Gasteiger partial charge in [0.1, 0.15) is 4.75 Å². The van der Waals surface area contributed by atoms with Gasteiger partial charge in [0.2, 0.25) is 0 Å². The highest BCUT2D eigenvalue weighted by Crippen LogP contribution is 2.37. The number of aliphatic carboxylic acids is 1. The summed E-state index contributed by atoms with van der Waals surface area (Å²) in [5.41, 5.74) is 2.39. The number of carboxylic acids is 1.